The zero-order valence-corrected chi connectivity index (χ0v) is 16.2. The molecule has 1 aliphatic rings. The second kappa shape index (κ2) is 7.25. The van der Waals surface area contributed by atoms with Gasteiger partial charge < -0.3 is 5.32 Å². The standard InChI is InChI=1S/C24H20ClNO2/c1-16(27)24(18-10-6-3-7-11-18)21(15-23(28)17-8-4-2-5-9-17)20-13-12-19(25)14-22(20)26-24/h2-14,21,26H,15H2,1H3/t21-,24-/m1/s1. The van der Waals surface area contributed by atoms with Gasteiger partial charge in [-0.3, -0.25) is 9.59 Å². The molecule has 0 aromatic heterocycles. The van der Waals surface area contributed by atoms with Crippen molar-refractivity contribution in [3.8, 4) is 0 Å². The first-order valence-corrected chi connectivity index (χ1v) is 9.62. The van der Waals surface area contributed by atoms with Crippen LogP contribution in [0.25, 0.3) is 0 Å². The summed E-state index contributed by atoms with van der Waals surface area (Å²) in [5.41, 5.74) is 2.24. The molecule has 0 unspecified atom stereocenters. The monoisotopic (exact) mass is 389 g/mol. The second-order valence-electron chi connectivity index (χ2n) is 7.13. The predicted molar refractivity (Wildman–Crippen MR) is 112 cm³/mol. The van der Waals surface area contributed by atoms with Gasteiger partial charge in [-0.15, -0.1) is 0 Å². The van der Waals surface area contributed by atoms with Crippen molar-refractivity contribution in [2.24, 2.45) is 0 Å². The molecule has 0 aliphatic carbocycles. The van der Waals surface area contributed by atoms with Crippen molar-refractivity contribution in [3.05, 3.63) is 101 Å². The summed E-state index contributed by atoms with van der Waals surface area (Å²) in [5.74, 6) is -0.346. The first-order chi connectivity index (χ1) is 13.5. The third kappa shape index (κ3) is 3.02. The molecule has 3 nitrogen and oxygen atoms in total. The molecule has 0 bridgehead atoms. The molecule has 140 valence electrons. The van der Waals surface area contributed by atoms with Gasteiger partial charge in [0.25, 0.3) is 0 Å². The van der Waals surface area contributed by atoms with E-state index in [4.69, 9.17) is 11.6 Å². The normalized spacial score (nSPS) is 20.3. The van der Waals surface area contributed by atoms with Crippen LogP contribution in [0.3, 0.4) is 0 Å². The molecule has 4 rings (SSSR count). The van der Waals surface area contributed by atoms with Crippen molar-refractivity contribution in [2.45, 2.75) is 24.8 Å². The molecule has 3 aromatic rings. The molecule has 0 saturated heterocycles. The Hall–Kier alpha value is -2.91. The molecule has 28 heavy (non-hydrogen) atoms. The van der Waals surface area contributed by atoms with Crippen molar-refractivity contribution >= 4 is 28.9 Å². The Morgan fingerprint density at radius 2 is 1.61 bits per heavy atom. The molecular weight excluding hydrogens is 370 g/mol. The van der Waals surface area contributed by atoms with Gasteiger partial charge in [0.05, 0.1) is 0 Å². The Balaban J connectivity index is 1.85. The van der Waals surface area contributed by atoms with E-state index in [-0.39, 0.29) is 23.9 Å². The number of hydrogen-bond acceptors (Lipinski definition) is 3. The molecule has 1 N–H and O–H groups in total. The Morgan fingerprint density at radius 3 is 2.25 bits per heavy atom. The summed E-state index contributed by atoms with van der Waals surface area (Å²) in [7, 11) is 0. The summed E-state index contributed by atoms with van der Waals surface area (Å²) < 4.78 is 0. The molecule has 2 atom stereocenters. The summed E-state index contributed by atoms with van der Waals surface area (Å²) in [5, 5.41) is 4.01. The molecular formula is C24H20ClNO2. The zero-order chi connectivity index (χ0) is 19.7. The molecule has 0 spiro atoms. The smallest absolute Gasteiger partial charge is 0.163 e. The molecule has 0 amide bonds. The van der Waals surface area contributed by atoms with Gasteiger partial charge in [-0.05, 0) is 30.2 Å². The number of anilines is 1. The lowest BCUT2D eigenvalue weighted by molar-refractivity contribution is -0.122. The van der Waals surface area contributed by atoms with Crippen molar-refractivity contribution in [1.29, 1.82) is 0 Å². The van der Waals surface area contributed by atoms with Crippen molar-refractivity contribution in [3.63, 3.8) is 0 Å². The summed E-state index contributed by atoms with van der Waals surface area (Å²) >= 11 is 6.20. The van der Waals surface area contributed by atoms with E-state index in [1.807, 2.05) is 78.9 Å². The lowest BCUT2D eigenvalue weighted by atomic mass is 9.72. The van der Waals surface area contributed by atoms with Crippen LogP contribution in [0, 0.1) is 0 Å². The van der Waals surface area contributed by atoms with Gasteiger partial charge in [-0.2, -0.15) is 0 Å². The zero-order valence-electron chi connectivity index (χ0n) is 15.5. The lowest BCUT2D eigenvalue weighted by Gasteiger charge is -2.34. The average Bonchev–Trinajstić information content (AvgIpc) is 3.03. The number of carbonyl (C=O) groups excluding carboxylic acids is 2. The van der Waals surface area contributed by atoms with Crippen molar-refractivity contribution in [1.82, 2.24) is 0 Å². The molecule has 4 heteroatoms. The number of rotatable bonds is 5. The SMILES string of the molecule is CC(=O)[C@]1(c2ccccc2)Nc2cc(Cl)ccc2[C@H]1CC(=O)c1ccccc1. The van der Waals surface area contributed by atoms with E-state index in [0.717, 1.165) is 16.8 Å². The summed E-state index contributed by atoms with van der Waals surface area (Å²) in [6.45, 7) is 1.58. The third-order valence-corrected chi connectivity index (χ3v) is 5.75. The van der Waals surface area contributed by atoms with Crippen LogP contribution in [0.15, 0.2) is 78.9 Å². The highest BCUT2D eigenvalue weighted by molar-refractivity contribution is 6.31. The first kappa shape index (κ1) is 18.5. The minimum atomic E-state index is -1.00. The highest BCUT2D eigenvalue weighted by Crippen LogP contribution is 2.51. The highest BCUT2D eigenvalue weighted by atomic mass is 35.5. The van der Waals surface area contributed by atoms with E-state index in [0.29, 0.717) is 10.6 Å². The minimum absolute atomic E-state index is 0.0109. The number of carbonyl (C=O) groups is 2. The maximum atomic E-state index is 13.1. The number of nitrogens with one attached hydrogen (secondary N) is 1. The first-order valence-electron chi connectivity index (χ1n) is 9.25. The fraction of sp³-hybridized carbons (Fsp3) is 0.167. The van der Waals surface area contributed by atoms with Crippen LogP contribution in [-0.2, 0) is 10.3 Å². The quantitative estimate of drug-likeness (QED) is 0.577. The summed E-state index contributed by atoms with van der Waals surface area (Å²) in [6, 6.07) is 24.4. The molecule has 0 fully saturated rings. The largest absolute Gasteiger partial charge is 0.368 e. The van der Waals surface area contributed by atoms with E-state index in [1.54, 1.807) is 6.92 Å². The Kier molecular flexibility index (Phi) is 4.78. The molecule has 3 aromatic carbocycles. The average molecular weight is 390 g/mol. The number of benzene rings is 3. The topological polar surface area (TPSA) is 46.2 Å². The van der Waals surface area contributed by atoms with E-state index in [9.17, 15) is 9.59 Å². The minimum Gasteiger partial charge on any atom is -0.368 e. The van der Waals surface area contributed by atoms with Crippen molar-refractivity contribution in [2.75, 3.05) is 5.32 Å². The summed E-state index contributed by atoms with van der Waals surface area (Å²) in [6.07, 6.45) is 0.222. The van der Waals surface area contributed by atoms with Crippen LogP contribution in [-0.4, -0.2) is 11.6 Å². The van der Waals surface area contributed by atoms with Gasteiger partial charge in [-0.25, -0.2) is 0 Å². The highest BCUT2D eigenvalue weighted by Gasteiger charge is 2.51. The number of halogens is 1. The number of fused-ring (bicyclic) bond motifs is 1. The lowest BCUT2D eigenvalue weighted by Crippen LogP contribution is -2.44. The maximum Gasteiger partial charge on any atom is 0.163 e. The Labute approximate surface area is 169 Å². The fourth-order valence-corrected chi connectivity index (χ4v) is 4.35. The van der Waals surface area contributed by atoms with Crippen LogP contribution in [0.4, 0.5) is 5.69 Å². The van der Waals surface area contributed by atoms with Crippen LogP contribution < -0.4 is 5.32 Å². The second-order valence-corrected chi connectivity index (χ2v) is 7.57. The third-order valence-electron chi connectivity index (χ3n) is 5.52. The van der Waals surface area contributed by atoms with Crippen LogP contribution >= 0.6 is 11.6 Å². The van der Waals surface area contributed by atoms with E-state index >= 15 is 0 Å². The van der Waals surface area contributed by atoms with Crippen LogP contribution in [0.1, 0.15) is 40.7 Å². The Morgan fingerprint density at radius 1 is 0.964 bits per heavy atom. The van der Waals surface area contributed by atoms with Gasteiger partial charge in [0.2, 0.25) is 0 Å². The number of ketones is 2. The molecule has 0 saturated carbocycles. The molecule has 1 heterocycles. The fourth-order valence-electron chi connectivity index (χ4n) is 4.17. The van der Waals surface area contributed by atoms with Crippen LogP contribution in [0.5, 0.6) is 0 Å². The maximum absolute atomic E-state index is 13.1. The number of Topliss-reactive ketones (excluding diaryl/α,β-unsaturated/α-hetero) is 2. The summed E-state index contributed by atoms with van der Waals surface area (Å²) in [4.78, 5) is 26.1. The molecule has 1 aliphatic heterocycles. The predicted octanol–water partition coefficient (Wildman–Crippen LogP) is 5.61. The van der Waals surface area contributed by atoms with Crippen molar-refractivity contribution < 1.29 is 9.59 Å². The van der Waals surface area contributed by atoms with Gasteiger partial charge in [0.1, 0.15) is 5.54 Å². The number of hydrogen-bond donors (Lipinski definition) is 1. The van der Waals surface area contributed by atoms with E-state index < -0.39 is 5.54 Å². The van der Waals surface area contributed by atoms with Gasteiger partial charge >= 0.3 is 0 Å². The van der Waals surface area contributed by atoms with Gasteiger partial charge in [0.15, 0.2) is 11.6 Å². The Bertz CT molecular complexity index is 1030. The van der Waals surface area contributed by atoms with Gasteiger partial charge in [0, 0.05) is 28.6 Å². The van der Waals surface area contributed by atoms with Crippen LogP contribution in [0.2, 0.25) is 5.02 Å². The van der Waals surface area contributed by atoms with Gasteiger partial charge in [-0.1, -0.05) is 78.3 Å². The van der Waals surface area contributed by atoms with E-state index in [1.165, 1.54) is 0 Å². The van der Waals surface area contributed by atoms with E-state index in [2.05, 4.69) is 5.32 Å². The molecule has 0 radical (unpaired) electrons.